The highest BCUT2D eigenvalue weighted by atomic mass is 16.5. The molecule has 6 heteroatoms. The Morgan fingerprint density at radius 1 is 0.848 bits per heavy atom. The van der Waals surface area contributed by atoms with Crippen LogP contribution in [0.1, 0.15) is 43.0 Å². The molecule has 3 aromatic carbocycles. The van der Waals surface area contributed by atoms with Crippen molar-refractivity contribution in [1.29, 1.82) is 5.41 Å². The average Bonchev–Trinajstić information content (AvgIpc) is 2.81. The van der Waals surface area contributed by atoms with Crippen molar-refractivity contribution in [3.05, 3.63) is 95.1 Å². The molecule has 0 aliphatic heterocycles. The van der Waals surface area contributed by atoms with Gasteiger partial charge in [-0.15, -0.1) is 0 Å². The largest absolute Gasteiger partial charge is 0.489 e. The van der Waals surface area contributed by atoms with E-state index in [9.17, 15) is 4.79 Å². The van der Waals surface area contributed by atoms with E-state index in [4.69, 9.17) is 14.9 Å². The van der Waals surface area contributed by atoms with E-state index < -0.39 is 6.09 Å². The molecule has 0 spiro atoms. The zero-order valence-electron chi connectivity index (χ0n) is 19.5. The van der Waals surface area contributed by atoms with Crippen LogP contribution in [0.2, 0.25) is 0 Å². The van der Waals surface area contributed by atoms with Gasteiger partial charge < -0.3 is 14.2 Å². The van der Waals surface area contributed by atoms with Crippen LogP contribution in [-0.2, 0) is 23.4 Å². The number of amides is 1. The SMILES string of the molecule is COC(=O)NC(=N)c1ccc(OCc2cccc(COc3ccc(C(C)(C)C)cc3)c2)cc1. The summed E-state index contributed by atoms with van der Waals surface area (Å²) in [7, 11) is 1.25. The zero-order valence-corrected chi connectivity index (χ0v) is 19.5. The highest BCUT2D eigenvalue weighted by Gasteiger charge is 2.13. The monoisotopic (exact) mass is 446 g/mol. The number of rotatable bonds is 7. The van der Waals surface area contributed by atoms with Gasteiger partial charge in [0.1, 0.15) is 30.5 Å². The summed E-state index contributed by atoms with van der Waals surface area (Å²) in [5.41, 5.74) is 4.05. The first-order chi connectivity index (χ1) is 15.7. The lowest BCUT2D eigenvalue weighted by Gasteiger charge is -2.19. The molecule has 0 aliphatic carbocycles. The molecule has 2 N–H and O–H groups in total. The van der Waals surface area contributed by atoms with Gasteiger partial charge in [-0.3, -0.25) is 10.7 Å². The Bertz CT molecular complexity index is 1080. The van der Waals surface area contributed by atoms with Crippen LogP contribution >= 0.6 is 0 Å². The van der Waals surface area contributed by atoms with Crippen LogP contribution in [0.4, 0.5) is 4.79 Å². The number of methoxy groups -OCH3 is 1. The quantitative estimate of drug-likeness (QED) is 0.354. The first-order valence-electron chi connectivity index (χ1n) is 10.7. The third kappa shape index (κ3) is 7.10. The minimum atomic E-state index is -0.675. The number of benzene rings is 3. The molecule has 0 aliphatic rings. The highest BCUT2D eigenvalue weighted by molar-refractivity contribution is 6.04. The molecule has 0 fully saturated rings. The maximum Gasteiger partial charge on any atom is 0.412 e. The second-order valence-corrected chi connectivity index (χ2v) is 8.69. The van der Waals surface area contributed by atoms with Crippen LogP contribution < -0.4 is 14.8 Å². The van der Waals surface area contributed by atoms with Crippen molar-refractivity contribution >= 4 is 11.9 Å². The van der Waals surface area contributed by atoms with E-state index in [-0.39, 0.29) is 11.3 Å². The molecular formula is C27H30N2O4. The molecule has 0 heterocycles. The second-order valence-electron chi connectivity index (χ2n) is 8.69. The van der Waals surface area contributed by atoms with Crippen LogP contribution in [0.15, 0.2) is 72.8 Å². The van der Waals surface area contributed by atoms with Crippen LogP contribution in [0.5, 0.6) is 11.5 Å². The molecule has 0 saturated heterocycles. The number of hydrogen-bond acceptors (Lipinski definition) is 5. The summed E-state index contributed by atoms with van der Waals surface area (Å²) in [4.78, 5) is 11.2. The van der Waals surface area contributed by atoms with Crippen molar-refractivity contribution in [1.82, 2.24) is 5.32 Å². The number of nitrogens with one attached hydrogen (secondary N) is 2. The summed E-state index contributed by atoms with van der Waals surface area (Å²) in [6.07, 6.45) is -0.675. The molecule has 0 bridgehead atoms. The molecule has 0 aromatic heterocycles. The number of carbonyl (C=O) groups excluding carboxylic acids is 1. The van der Waals surface area contributed by atoms with Crippen LogP contribution in [0.3, 0.4) is 0 Å². The zero-order chi connectivity index (χ0) is 23.8. The molecule has 3 rings (SSSR count). The predicted molar refractivity (Wildman–Crippen MR) is 129 cm³/mol. The Morgan fingerprint density at radius 2 is 1.36 bits per heavy atom. The number of hydrogen-bond donors (Lipinski definition) is 2. The fourth-order valence-electron chi connectivity index (χ4n) is 3.14. The molecule has 33 heavy (non-hydrogen) atoms. The minimum Gasteiger partial charge on any atom is -0.489 e. The smallest absolute Gasteiger partial charge is 0.412 e. The lowest BCUT2D eigenvalue weighted by Crippen LogP contribution is -2.30. The molecule has 0 saturated carbocycles. The topological polar surface area (TPSA) is 80.6 Å². The summed E-state index contributed by atoms with van der Waals surface area (Å²) in [6, 6.07) is 23.3. The van der Waals surface area contributed by atoms with E-state index in [1.54, 1.807) is 24.3 Å². The van der Waals surface area contributed by atoms with Crippen molar-refractivity contribution < 1.29 is 19.0 Å². The molecule has 0 radical (unpaired) electrons. The summed E-state index contributed by atoms with van der Waals surface area (Å²) >= 11 is 0. The van der Waals surface area contributed by atoms with Gasteiger partial charge in [-0.25, -0.2) is 4.79 Å². The van der Waals surface area contributed by atoms with Crippen LogP contribution in [0.25, 0.3) is 0 Å². The lowest BCUT2D eigenvalue weighted by atomic mass is 9.87. The average molecular weight is 447 g/mol. The van der Waals surface area contributed by atoms with Gasteiger partial charge in [0, 0.05) is 5.56 Å². The molecule has 0 atom stereocenters. The highest BCUT2D eigenvalue weighted by Crippen LogP contribution is 2.24. The second kappa shape index (κ2) is 10.7. The van der Waals surface area contributed by atoms with E-state index in [0.717, 1.165) is 16.9 Å². The Hall–Kier alpha value is -3.80. The predicted octanol–water partition coefficient (Wildman–Crippen LogP) is 5.82. The molecule has 0 unspecified atom stereocenters. The molecule has 172 valence electrons. The number of alkyl carbamates (subject to hydrolysis) is 1. The van der Waals surface area contributed by atoms with E-state index >= 15 is 0 Å². The van der Waals surface area contributed by atoms with E-state index in [1.807, 2.05) is 30.3 Å². The van der Waals surface area contributed by atoms with Gasteiger partial charge in [0.05, 0.1) is 7.11 Å². The maximum absolute atomic E-state index is 11.2. The van der Waals surface area contributed by atoms with Gasteiger partial charge in [-0.05, 0) is 64.6 Å². The van der Waals surface area contributed by atoms with Gasteiger partial charge in [0.15, 0.2) is 0 Å². The summed E-state index contributed by atoms with van der Waals surface area (Å²) in [5.74, 6) is 1.48. The number of ether oxygens (including phenoxy) is 3. The maximum atomic E-state index is 11.2. The number of carbonyl (C=O) groups is 1. The Balaban J connectivity index is 1.53. The van der Waals surface area contributed by atoms with Gasteiger partial charge in [-0.1, -0.05) is 51.1 Å². The van der Waals surface area contributed by atoms with Crippen molar-refractivity contribution in [2.24, 2.45) is 0 Å². The van der Waals surface area contributed by atoms with Crippen LogP contribution in [-0.4, -0.2) is 19.0 Å². The molecular weight excluding hydrogens is 416 g/mol. The standard InChI is InChI=1S/C27H30N2O4/c1-27(2,3)22-10-14-24(15-11-22)33-18-20-7-5-6-19(16-20)17-32-23-12-8-21(9-13-23)25(28)29-26(30)31-4/h5-16H,17-18H2,1-4H3,(H2,28,29,30). The first-order valence-corrected chi connectivity index (χ1v) is 10.7. The van der Waals surface area contributed by atoms with Crippen molar-refractivity contribution in [3.8, 4) is 11.5 Å². The fourth-order valence-corrected chi connectivity index (χ4v) is 3.14. The third-order valence-corrected chi connectivity index (χ3v) is 5.08. The van der Waals surface area contributed by atoms with Gasteiger partial charge in [0.2, 0.25) is 0 Å². The van der Waals surface area contributed by atoms with Crippen molar-refractivity contribution in [2.75, 3.05) is 7.11 Å². The van der Waals surface area contributed by atoms with Gasteiger partial charge >= 0.3 is 6.09 Å². The summed E-state index contributed by atoms with van der Waals surface area (Å²) in [6.45, 7) is 7.47. The lowest BCUT2D eigenvalue weighted by molar-refractivity contribution is 0.177. The third-order valence-electron chi connectivity index (χ3n) is 5.08. The minimum absolute atomic E-state index is 0.0332. The molecule has 6 nitrogen and oxygen atoms in total. The Kier molecular flexibility index (Phi) is 7.72. The van der Waals surface area contributed by atoms with Crippen molar-refractivity contribution in [3.63, 3.8) is 0 Å². The Labute approximate surface area is 195 Å². The summed E-state index contributed by atoms with van der Waals surface area (Å²) < 4.78 is 16.3. The first kappa shape index (κ1) is 23.9. The van der Waals surface area contributed by atoms with E-state index in [2.05, 4.69) is 49.0 Å². The van der Waals surface area contributed by atoms with E-state index in [0.29, 0.717) is 24.5 Å². The Morgan fingerprint density at radius 3 is 1.85 bits per heavy atom. The fraction of sp³-hybridized carbons (Fsp3) is 0.259. The molecule has 3 aromatic rings. The number of amidine groups is 1. The van der Waals surface area contributed by atoms with Crippen molar-refractivity contribution in [2.45, 2.75) is 39.4 Å². The normalized spacial score (nSPS) is 10.9. The van der Waals surface area contributed by atoms with Gasteiger partial charge in [0.25, 0.3) is 0 Å². The van der Waals surface area contributed by atoms with Crippen LogP contribution in [0, 0.1) is 5.41 Å². The summed E-state index contributed by atoms with van der Waals surface area (Å²) in [5, 5.41) is 10.2. The van der Waals surface area contributed by atoms with Gasteiger partial charge in [-0.2, -0.15) is 0 Å². The van der Waals surface area contributed by atoms with E-state index in [1.165, 1.54) is 12.7 Å². The molecule has 1 amide bonds.